The average molecular weight is 189 g/mol. The summed E-state index contributed by atoms with van der Waals surface area (Å²) >= 11 is 0. The maximum Gasteiger partial charge on any atom is 0.00105 e. The van der Waals surface area contributed by atoms with Gasteiger partial charge in [0.2, 0.25) is 0 Å². The molecule has 1 fully saturated rings. The maximum atomic E-state index is 5.75. The van der Waals surface area contributed by atoms with Gasteiger partial charge in [-0.15, -0.1) is 0 Å². The van der Waals surface area contributed by atoms with Crippen molar-refractivity contribution in [3.63, 3.8) is 0 Å². The van der Waals surface area contributed by atoms with Gasteiger partial charge in [0.05, 0.1) is 0 Å². The molecule has 1 aromatic rings. The predicted molar refractivity (Wildman–Crippen MR) is 60.2 cm³/mol. The van der Waals surface area contributed by atoms with Crippen molar-refractivity contribution in [3.05, 3.63) is 35.9 Å². The third-order valence-corrected chi connectivity index (χ3v) is 3.14. The van der Waals surface area contributed by atoms with Crippen LogP contribution >= 0.6 is 0 Å². The zero-order chi connectivity index (χ0) is 9.97. The lowest BCUT2D eigenvalue weighted by molar-refractivity contribution is 0.578. The zero-order valence-electron chi connectivity index (χ0n) is 8.82. The molecule has 14 heavy (non-hydrogen) atoms. The number of nitrogens with two attached hydrogens (primary N) is 1. The van der Waals surface area contributed by atoms with Gasteiger partial charge in [0.15, 0.2) is 0 Å². The van der Waals surface area contributed by atoms with Gasteiger partial charge < -0.3 is 5.73 Å². The highest BCUT2D eigenvalue weighted by Crippen LogP contribution is 2.50. The highest BCUT2D eigenvalue weighted by Gasteiger charge is 2.37. The Balaban J connectivity index is 1.82. The van der Waals surface area contributed by atoms with Gasteiger partial charge in [-0.1, -0.05) is 30.3 Å². The van der Waals surface area contributed by atoms with Gasteiger partial charge >= 0.3 is 0 Å². The Morgan fingerprint density at radius 2 is 2.07 bits per heavy atom. The monoisotopic (exact) mass is 189 g/mol. The van der Waals surface area contributed by atoms with Crippen LogP contribution < -0.4 is 5.73 Å². The van der Waals surface area contributed by atoms with E-state index in [2.05, 4.69) is 37.3 Å². The molecular weight excluding hydrogens is 170 g/mol. The summed E-state index contributed by atoms with van der Waals surface area (Å²) in [6.07, 6.45) is 3.85. The van der Waals surface area contributed by atoms with Crippen LogP contribution in [0.2, 0.25) is 0 Å². The number of benzene rings is 1. The summed E-state index contributed by atoms with van der Waals surface area (Å²) in [4.78, 5) is 0. The fraction of sp³-hybridized carbons (Fsp3) is 0.538. The molecule has 2 rings (SSSR count). The molecule has 0 aromatic heterocycles. The van der Waals surface area contributed by atoms with Crippen LogP contribution in [0, 0.1) is 5.92 Å². The quantitative estimate of drug-likeness (QED) is 0.774. The Morgan fingerprint density at radius 1 is 1.36 bits per heavy atom. The smallest absolute Gasteiger partial charge is 0.00105 e. The molecule has 1 saturated carbocycles. The second kappa shape index (κ2) is 4.14. The van der Waals surface area contributed by atoms with Crippen molar-refractivity contribution in [2.75, 3.05) is 0 Å². The second-order valence-electron chi connectivity index (χ2n) is 4.57. The minimum Gasteiger partial charge on any atom is -0.328 e. The minimum absolute atomic E-state index is 0.368. The molecule has 3 unspecified atom stereocenters. The van der Waals surface area contributed by atoms with Gasteiger partial charge in [-0.3, -0.25) is 0 Å². The Labute approximate surface area is 86.3 Å². The van der Waals surface area contributed by atoms with Gasteiger partial charge in [-0.2, -0.15) is 0 Å². The first-order valence-corrected chi connectivity index (χ1v) is 5.58. The molecule has 0 bridgehead atoms. The van der Waals surface area contributed by atoms with E-state index in [9.17, 15) is 0 Å². The number of hydrogen-bond donors (Lipinski definition) is 1. The highest BCUT2D eigenvalue weighted by molar-refractivity contribution is 5.25. The Bertz CT molecular complexity index is 279. The van der Waals surface area contributed by atoms with Crippen molar-refractivity contribution in [1.29, 1.82) is 0 Å². The van der Waals surface area contributed by atoms with E-state index in [0.717, 1.165) is 11.8 Å². The fourth-order valence-corrected chi connectivity index (χ4v) is 2.15. The summed E-state index contributed by atoms with van der Waals surface area (Å²) in [6.45, 7) is 2.10. The SMILES string of the molecule is CC(N)CCC1CC1c1ccccc1. The van der Waals surface area contributed by atoms with Gasteiger partial charge in [0.1, 0.15) is 0 Å². The molecule has 0 heterocycles. The third-order valence-electron chi connectivity index (χ3n) is 3.14. The van der Waals surface area contributed by atoms with E-state index in [1.807, 2.05) is 0 Å². The first-order valence-electron chi connectivity index (χ1n) is 5.58. The van der Waals surface area contributed by atoms with E-state index < -0.39 is 0 Å². The largest absolute Gasteiger partial charge is 0.328 e. The Hall–Kier alpha value is -0.820. The predicted octanol–water partition coefficient (Wildman–Crippen LogP) is 2.92. The Morgan fingerprint density at radius 3 is 2.71 bits per heavy atom. The Kier molecular flexibility index (Phi) is 2.87. The standard InChI is InChI=1S/C13H19N/c1-10(14)7-8-12-9-13(12)11-5-3-2-4-6-11/h2-6,10,12-13H,7-9,14H2,1H3. The molecule has 1 heteroatoms. The third kappa shape index (κ3) is 2.36. The van der Waals surface area contributed by atoms with E-state index in [1.54, 1.807) is 0 Å². The van der Waals surface area contributed by atoms with Gasteiger partial charge in [-0.25, -0.2) is 0 Å². The van der Waals surface area contributed by atoms with Gasteiger partial charge in [-0.05, 0) is 43.6 Å². The highest BCUT2D eigenvalue weighted by atomic mass is 14.6. The topological polar surface area (TPSA) is 26.0 Å². The first kappa shape index (κ1) is 9.72. The van der Waals surface area contributed by atoms with Crippen LogP contribution in [-0.2, 0) is 0 Å². The van der Waals surface area contributed by atoms with Crippen LogP contribution in [0.3, 0.4) is 0 Å². The summed E-state index contributed by atoms with van der Waals surface area (Å²) in [5.74, 6) is 1.73. The second-order valence-corrected chi connectivity index (χ2v) is 4.57. The van der Waals surface area contributed by atoms with Crippen LogP contribution in [0.4, 0.5) is 0 Å². The van der Waals surface area contributed by atoms with E-state index in [0.29, 0.717) is 6.04 Å². The summed E-state index contributed by atoms with van der Waals surface area (Å²) < 4.78 is 0. The van der Waals surface area contributed by atoms with Crippen LogP contribution in [0.25, 0.3) is 0 Å². The minimum atomic E-state index is 0.368. The van der Waals surface area contributed by atoms with Crippen LogP contribution in [0.1, 0.15) is 37.7 Å². The molecule has 0 aliphatic heterocycles. The number of hydrogen-bond acceptors (Lipinski definition) is 1. The maximum absolute atomic E-state index is 5.75. The normalized spacial score (nSPS) is 27.3. The molecule has 1 nitrogen and oxygen atoms in total. The molecule has 3 atom stereocenters. The van der Waals surface area contributed by atoms with Crippen molar-refractivity contribution < 1.29 is 0 Å². The lowest BCUT2D eigenvalue weighted by atomic mass is 10.1. The molecule has 0 radical (unpaired) electrons. The van der Waals surface area contributed by atoms with Crippen molar-refractivity contribution in [3.8, 4) is 0 Å². The van der Waals surface area contributed by atoms with Gasteiger partial charge in [0, 0.05) is 6.04 Å². The molecule has 1 aliphatic carbocycles. The van der Waals surface area contributed by atoms with Crippen molar-refractivity contribution in [2.45, 2.75) is 38.1 Å². The van der Waals surface area contributed by atoms with E-state index in [-0.39, 0.29) is 0 Å². The summed E-state index contributed by atoms with van der Waals surface area (Å²) in [5, 5.41) is 0. The molecule has 0 spiro atoms. The molecule has 1 aromatic carbocycles. The van der Waals surface area contributed by atoms with Gasteiger partial charge in [0.25, 0.3) is 0 Å². The lowest BCUT2D eigenvalue weighted by Gasteiger charge is -2.03. The van der Waals surface area contributed by atoms with E-state index >= 15 is 0 Å². The number of rotatable bonds is 4. The molecule has 0 amide bonds. The summed E-state index contributed by atoms with van der Waals surface area (Å²) in [5.41, 5.74) is 7.27. The van der Waals surface area contributed by atoms with Crippen molar-refractivity contribution in [2.24, 2.45) is 11.7 Å². The van der Waals surface area contributed by atoms with Crippen molar-refractivity contribution in [1.82, 2.24) is 0 Å². The lowest BCUT2D eigenvalue weighted by Crippen LogP contribution is -2.14. The molecular formula is C13H19N. The first-order chi connectivity index (χ1) is 6.77. The fourth-order valence-electron chi connectivity index (χ4n) is 2.15. The average Bonchev–Trinajstić information content (AvgIpc) is 2.95. The molecule has 0 saturated heterocycles. The molecule has 1 aliphatic rings. The van der Waals surface area contributed by atoms with Crippen LogP contribution in [0.5, 0.6) is 0 Å². The van der Waals surface area contributed by atoms with E-state index in [4.69, 9.17) is 5.73 Å². The van der Waals surface area contributed by atoms with Crippen LogP contribution in [0.15, 0.2) is 30.3 Å². The summed E-state index contributed by atoms with van der Waals surface area (Å²) in [7, 11) is 0. The molecule has 76 valence electrons. The van der Waals surface area contributed by atoms with Crippen LogP contribution in [-0.4, -0.2) is 6.04 Å². The van der Waals surface area contributed by atoms with Crippen molar-refractivity contribution >= 4 is 0 Å². The zero-order valence-corrected chi connectivity index (χ0v) is 8.82. The molecule has 2 N–H and O–H groups in total. The summed E-state index contributed by atoms with van der Waals surface area (Å²) in [6, 6.07) is 11.2. The van der Waals surface area contributed by atoms with E-state index in [1.165, 1.54) is 24.8 Å².